The number of nitro benzene ring substituents is 2. The topological polar surface area (TPSA) is 161 Å². The Morgan fingerprint density at radius 3 is 1.44 bits per heavy atom. The standard InChI is InChI=1S/C8H4N2O8/c11-7(12)3-1-4(8(13)14)6(10(17)18)2-5(3)9(15)16/h1-2H,(H,11,12)(H,13,14). The Hall–Kier alpha value is -3.04. The van der Waals surface area contributed by atoms with Crippen molar-refractivity contribution >= 4 is 23.3 Å². The van der Waals surface area contributed by atoms with E-state index in [4.69, 9.17) is 10.2 Å². The average molecular weight is 256 g/mol. The first-order valence-corrected chi connectivity index (χ1v) is 4.19. The van der Waals surface area contributed by atoms with Gasteiger partial charge in [-0.3, -0.25) is 20.2 Å². The molecule has 0 aliphatic carbocycles. The minimum atomic E-state index is -1.75. The third-order valence-corrected chi connectivity index (χ3v) is 1.97. The van der Waals surface area contributed by atoms with Crippen LogP contribution in [0, 0.1) is 20.2 Å². The van der Waals surface area contributed by atoms with Crippen molar-refractivity contribution in [2.24, 2.45) is 0 Å². The average Bonchev–Trinajstić information content (AvgIpc) is 2.26. The van der Waals surface area contributed by atoms with Crippen molar-refractivity contribution in [2.45, 2.75) is 0 Å². The third-order valence-electron chi connectivity index (χ3n) is 1.97. The number of carboxylic acid groups (broad SMARTS) is 2. The Morgan fingerprint density at radius 1 is 0.889 bits per heavy atom. The molecular formula is C8H4N2O8. The van der Waals surface area contributed by atoms with Crippen molar-refractivity contribution in [3.05, 3.63) is 43.5 Å². The van der Waals surface area contributed by atoms with Crippen LogP contribution < -0.4 is 0 Å². The molecule has 94 valence electrons. The normalized spacial score (nSPS) is 9.78. The molecule has 0 aliphatic rings. The smallest absolute Gasteiger partial charge is 0.342 e. The first kappa shape index (κ1) is 13.0. The molecule has 0 saturated heterocycles. The summed E-state index contributed by atoms with van der Waals surface area (Å²) in [6, 6.07) is 0.702. The van der Waals surface area contributed by atoms with Gasteiger partial charge in [0.25, 0.3) is 11.4 Å². The van der Waals surface area contributed by atoms with Crippen molar-refractivity contribution in [1.29, 1.82) is 0 Å². The van der Waals surface area contributed by atoms with Gasteiger partial charge >= 0.3 is 11.9 Å². The predicted octanol–water partition coefficient (Wildman–Crippen LogP) is 0.899. The molecule has 18 heavy (non-hydrogen) atoms. The number of nitro groups is 2. The SMILES string of the molecule is O=C(O)c1cc(C(=O)O)c([N+](=O)[O-])cc1[N+](=O)[O-]. The summed E-state index contributed by atoms with van der Waals surface area (Å²) in [6.07, 6.45) is 0. The second kappa shape index (κ2) is 4.45. The molecule has 1 rings (SSSR count). The van der Waals surface area contributed by atoms with Crippen LogP contribution in [0.2, 0.25) is 0 Å². The van der Waals surface area contributed by atoms with E-state index >= 15 is 0 Å². The summed E-state index contributed by atoms with van der Waals surface area (Å²) in [4.78, 5) is 40.3. The summed E-state index contributed by atoms with van der Waals surface area (Å²) >= 11 is 0. The van der Waals surface area contributed by atoms with Gasteiger partial charge in [-0.2, -0.15) is 0 Å². The van der Waals surface area contributed by atoms with E-state index in [9.17, 15) is 29.8 Å². The molecule has 0 unspecified atom stereocenters. The van der Waals surface area contributed by atoms with Crippen molar-refractivity contribution < 1.29 is 29.6 Å². The summed E-state index contributed by atoms with van der Waals surface area (Å²) in [5.74, 6) is -3.50. The zero-order chi connectivity index (χ0) is 14.0. The highest BCUT2D eigenvalue weighted by molar-refractivity contribution is 5.99. The van der Waals surface area contributed by atoms with Crippen LogP contribution in [0.4, 0.5) is 11.4 Å². The predicted molar refractivity (Wildman–Crippen MR) is 53.7 cm³/mol. The Morgan fingerprint density at radius 2 is 1.22 bits per heavy atom. The molecule has 10 nitrogen and oxygen atoms in total. The fourth-order valence-corrected chi connectivity index (χ4v) is 1.22. The summed E-state index contributed by atoms with van der Waals surface area (Å²) in [6.45, 7) is 0. The molecule has 2 N–H and O–H groups in total. The van der Waals surface area contributed by atoms with Crippen LogP contribution in [0.15, 0.2) is 12.1 Å². The molecule has 0 amide bonds. The van der Waals surface area contributed by atoms with E-state index < -0.39 is 44.3 Å². The van der Waals surface area contributed by atoms with Gasteiger partial charge in [-0.15, -0.1) is 0 Å². The van der Waals surface area contributed by atoms with E-state index in [0.717, 1.165) is 0 Å². The number of nitrogens with zero attached hydrogens (tertiary/aromatic N) is 2. The minimum Gasteiger partial charge on any atom is -0.477 e. The Kier molecular flexibility index (Phi) is 3.22. The van der Waals surface area contributed by atoms with Crippen LogP contribution >= 0.6 is 0 Å². The molecule has 0 atom stereocenters. The van der Waals surface area contributed by atoms with E-state index in [0.29, 0.717) is 12.1 Å². The van der Waals surface area contributed by atoms with Crippen LogP contribution in [0.25, 0.3) is 0 Å². The van der Waals surface area contributed by atoms with Crippen LogP contribution in [0.1, 0.15) is 20.7 Å². The highest BCUT2D eigenvalue weighted by atomic mass is 16.6. The largest absolute Gasteiger partial charge is 0.477 e. The number of hydrogen-bond acceptors (Lipinski definition) is 6. The molecule has 0 aromatic heterocycles. The summed E-state index contributed by atoms with van der Waals surface area (Å²) < 4.78 is 0. The van der Waals surface area contributed by atoms with Crippen molar-refractivity contribution in [3.63, 3.8) is 0 Å². The van der Waals surface area contributed by atoms with Gasteiger partial charge in [-0.05, 0) is 6.07 Å². The van der Waals surface area contributed by atoms with Crippen LogP contribution in [0.3, 0.4) is 0 Å². The summed E-state index contributed by atoms with van der Waals surface area (Å²) in [5.41, 5.74) is -3.94. The molecule has 1 aromatic carbocycles. The quantitative estimate of drug-likeness (QED) is 0.592. The molecule has 0 fully saturated rings. The Labute approximate surface area is 97.4 Å². The lowest BCUT2D eigenvalue weighted by Crippen LogP contribution is -2.09. The van der Waals surface area contributed by atoms with Gasteiger partial charge in [0, 0.05) is 0 Å². The van der Waals surface area contributed by atoms with Crippen molar-refractivity contribution in [1.82, 2.24) is 0 Å². The highest BCUT2D eigenvalue weighted by Gasteiger charge is 2.30. The number of carboxylic acids is 2. The maximum Gasteiger partial charge on any atom is 0.342 e. The zero-order valence-electron chi connectivity index (χ0n) is 8.39. The Balaban J connectivity index is 3.71. The minimum absolute atomic E-state index is 0.312. The number of aromatic carboxylic acids is 2. The van der Waals surface area contributed by atoms with Gasteiger partial charge in [0.15, 0.2) is 0 Å². The van der Waals surface area contributed by atoms with Gasteiger partial charge in [-0.1, -0.05) is 0 Å². The van der Waals surface area contributed by atoms with Crippen molar-refractivity contribution in [2.75, 3.05) is 0 Å². The molecule has 0 bridgehead atoms. The van der Waals surface area contributed by atoms with Gasteiger partial charge < -0.3 is 10.2 Å². The molecule has 0 spiro atoms. The number of hydrogen-bond donors (Lipinski definition) is 2. The van der Waals surface area contributed by atoms with Crippen LogP contribution in [-0.2, 0) is 0 Å². The van der Waals surface area contributed by atoms with Gasteiger partial charge in [-0.25, -0.2) is 9.59 Å². The van der Waals surface area contributed by atoms with Gasteiger partial charge in [0.1, 0.15) is 11.1 Å². The molecular weight excluding hydrogens is 252 g/mol. The maximum atomic E-state index is 10.7. The lowest BCUT2D eigenvalue weighted by molar-refractivity contribution is -0.394. The van der Waals surface area contributed by atoms with Crippen LogP contribution in [0.5, 0.6) is 0 Å². The van der Waals surface area contributed by atoms with E-state index in [-0.39, 0.29) is 0 Å². The molecule has 0 radical (unpaired) electrons. The van der Waals surface area contributed by atoms with Crippen molar-refractivity contribution in [3.8, 4) is 0 Å². The van der Waals surface area contributed by atoms with E-state index in [1.165, 1.54) is 0 Å². The fraction of sp³-hybridized carbons (Fsp3) is 0. The summed E-state index contributed by atoms with van der Waals surface area (Å²) in [5, 5.41) is 38.5. The lowest BCUT2D eigenvalue weighted by Gasteiger charge is -2.01. The van der Waals surface area contributed by atoms with E-state index in [1.54, 1.807) is 0 Å². The first-order valence-electron chi connectivity index (χ1n) is 4.19. The first-order chi connectivity index (χ1) is 8.25. The monoisotopic (exact) mass is 256 g/mol. The van der Waals surface area contributed by atoms with Gasteiger partial charge in [0.05, 0.1) is 15.9 Å². The second-order valence-electron chi connectivity index (χ2n) is 3.01. The second-order valence-corrected chi connectivity index (χ2v) is 3.01. The van der Waals surface area contributed by atoms with E-state index in [1.807, 2.05) is 0 Å². The molecule has 0 heterocycles. The fourth-order valence-electron chi connectivity index (χ4n) is 1.22. The van der Waals surface area contributed by atoms with Crippen LogP contribution in [-0.4, -0.2) is 32.0 Å². The number of rotatable bonds is 4. The Bertz CT molecular complexity index is 480. The van der Waals surface area contributed by atoms with Gasteiger partial charge in [0.2, 0.25) is 0 Å². The number of carbonyl (C=O) groups is 2. The summed E-state index contributed by atoms with van der Waals surface area (Å²) in [7, 11) is 0. The molecule has 10 heteroatoms. The number of benzene rings is 1. The third kappa shape index (κ3) is 2.21. The molecule has 1 aromatic rings. The zero-order valence-corrected chi connectivity index (χ0v) is 8.39. The lowest BCUT2D eigenvalue weighted by atomic mass is 10.1. The molecule has 0 aliphatic heterocycles. The highest BCUT2D eigenvalue weighted by Crippen LogP contribution is 2.29. The maximum absolute atomic E-state index is 10.7. The van der Waals surface area contributed by atoms with E-state index in [2.05, 4.69) is 0 Å². The molecule has 0 saturated carbocycles.